The van der Waals surface area contributed by atoms with Crippen LogP contribution in [0, 0.1) is 11.3 Å². The lowest BCUT2D eigenvalue weighted by molar-refractivity contribution is 0.0971. The van der Waals surface area contributed by atoms with Gasteiger partial charge in [0.15, 0.2) is 17.3 Å². The summed E-state index contributed by atoms with van der Waals surface area (Å²) < 4.78 is 7.50. The third kappa shape index (κ3) is 2.09. The number of para-hydroxylation sites is 3. The zero-order valence-corrected chi connectivity index (χ0v) is 12.9. The fourth-order valence-electron chi connectivity index (χ4n) is 2.93. The molecule has 0 aliphatic carbocycles. The van der Waals surface area contributed by atoms with Crippen molar-refractivity contribution in [2.45, 2.75) is 5.92 Å². The Hall–Kier alpha value is -3.39. The Labute approximate surface area is 137 Å². The molecule has 5 nitrogen and oxygen atoms in total. The molecule has 0 saturated carbocycles. The normalized spacial score (nSPS) is 12.3. The standard InChI is InChI=1S/C19H13N3O2/c1-22-11-14(12-6-2-4-8-16(12)22)18(23)13(10-20)19-21-15-7-3-5-9-17(15)24-19/h2-9,11,13H,1H3. The van der Waals surface area contributed by atoms with Crippen molar-refractivity contribution in [2.75, 3.05) is 0 Å². The van der Waals surface area contributed by atoms with Crippen molar-refractivity contribution in [3.05, 3.63) is 66.2 Å². The van der Waals surface area contributed by atoms with Crippen LogP contribution in [0.4, 0.5) is 0 Å². The second kappa shape index (κ2) is 5.36. The minimum atomic E-state index is -1.07. The molecule has 0 aliphatic rings. The molecular formula is C19H13N3O2. The van der Waals surface area contributed by atoms with E-state index in [1.54, 1.807) is 18.3 Å². The van der Waals surface area contributed by atoms with E-state index in [2.05, 4.69) is 4.98 Å². The molecular weight excluding hydrogens is 302 g/mol. The first-order chi connectivity index (χ1) is 11.7. The van der Waals surface area contributed by atoms with E-state index in [-0.39, 0.29) is 11.7 Å². The van der Waals surface area contributed by atoms with Gasteiger partial charge in [-0.05, 0) is 18.2 Å². The predicted octanol–water partition coefficient (Wildman–Crippen LogP) is 3.81. The molecule has 0 N–H and O–H groups in total. The second-order valence-electron chi connectivity index (χ2n) is 5.62. The predicted molar refractivity (Wildman–Crippen MR) is 89.6 cm³/mol. The summed E-state index contributed by atoms with van der Waals surface area (Å²) in [7, 11) is 1.87. The molecule has 2 heterocycles. The summed E-state index contributed by atoms with van der Waals surface area (Å²) in [5.74, 6) is -1.24. The molecule has 0 spiro atoms. The minimum absolute atomic E-state index is 0.136. The number of fused-ring (bicyclic) bond motifs is 2. The van der Waals surface area contributed by atoms with E-state index in [9.17, 15) is 10.1 Å². The summed E-state index contributed by atoms with van der Waals surface area (Å²) in [5, 5.41) is 10.4. The third-order valence-electron chi connectivity index (χ3n) is 4.11. The van der Waals surface area contributed by atoms with E-state index in [1.807, 2.05) is 54.1 Å². The highest BCUT2D eigenvalue weighted by Crippen LogP contribution is 2.28. The van der Waals surface area contributed by atoms with E-state index in [0.29, 0.717) is 16.7 Å². The highest BCUT2D eigenvalue weighted by atomic mass is 16.3. The number of oxazole rings is 1. The van der Waals surface area contributed by atoms with Crippen molar-refractivity contribution >= 4 is 27.8 Å². The van der Waals surface area contributed by atoms with Crippen LogP contribution in [0.15, 0.2) is 59.1 Å². The van der Waals surface area contributed by atoms with Crippen LogP contribution in [0.1, 0.15) is 22.2 Å². The topological polar surface area (TPSA) is 71.8 Å². The number of benzene rings is 2. The van der Waals surface area contributed by atoms with Crippen LogP contribution in [-0.2, 0) is 7.05 Å². The Morgan fingerprint density at radius 2 is 1.96 bits per heavy atom. The molecule has 1 unspecified atom stereocenters. The van der Waals surface area contributed by atoms with Gasteiger partial charge in [-0.2, -0.15) is 5.26 Å². The monoisotopic (exact) mass is 315 g/mol. The second-order valence-corrected chi connectivity index (χ2v) is 5.62. The fourth-order valence-corrected chi connectivity index (χ4v) is 2.93. The van der Waals surface area contributed by atoms with Crippen molar-refractivity contribution in [3.8, 4) is 6.07 Å². The fraction of sp³-hybridized carbons (Fsp3) is 0.105. The molecule has 5 heteroatoms. The third-order valence-corrected chi connectivity index (χ3v) is 4.11. The van der Waals surface area contributed by atoms with E-state index in [1.165, 1.54) is 0 Å². The van der Waals surface area contributed by atoms with E-state index in [4.69, 9.17) is 4.42 Å². The number of hydrogen-bond donors (Lipinski definition) is 0. The number of Topliss-reactive ketones (excluding diaryl/α,β-unsaturated/α-hetero) is 1. The number of hydrogen-bond acceptors (Lipinski definition) is 4. The van der Waals surface area contributed by atoms with Crippen molar-refractivity contribution in [1.29, 1.82) is 5.26 Å². The minimum Gasteiger partial charge on any atom is -0.439 e. The van der Waals surface area contributed by atoms with Gasteiger partial charge in [-0.1, -0.05) is 30.3 Å². The molecule has 0 bridgehead atoms. The first-order valence-electron chi connectivity index (χ1n) is 7.52. The van der Waals surface area contributed by atoms with Crippen LogP contribution in [0.25, 0.3) is 22.0 Å². The Morgan fingerprint density at radius 1 is 1.21 bits per heavy atom. The van der Waals surface area contributed by atoms with Gasteiger partial charge in [-0.25, -0.2) is 4.98 Å². The summed E-state index contributed by atoms with van der Waals surface area (Å²) in [4.78, 5) is 17.2. The van der Waals surface area contributed by atoms with Crippen LogP contribution >= 0.6 is 0 Å². The molecule has 0 radical (unpaired) electrons. The van der Waals surface area contributed by atoms with Gasteiger partial charge in [0, 0.05) is 29.7 Å². The quantitative estimate of drug-likeness (QED) is 0.539. The molecule has 116 valence electrons. The summed E-state index contributed by atoms with van der Waals surface area (Å²) >= 11 is 0. The molecule has 0 fully saturated rings. The number of nitriles is 1. The Bertz CT molecular complexity index is 1080. The van der Waals surface area contributed by atoms with Crippen LogP contribution in [0.5, 0.6) is 0 Å². The number of aromatic nitrogens is 2. The van der Waals surface area contributed by atoms with Crippen LogP contribution in [-0.4, -0.2) is 15.3 Å². The van der Waals surface area contributed by atoms with Gasteiger partial charge in [-0.3, -0.25) is 4.79 Å². The summed E-state index contributed by atoms with van der Waals surface area (Å²) in [6.07, 6.45) is 1.75. The Morgan fingerprint density at radius 3 is 2.75 bits per heavy atom. The SMILES string of the molecule is Cn1cc(C(=O)C(C#N)c2nc3ccccc3o2)c2ccccc21. The number of nitrogens with zero attached hydrogens (tertiary/aromatic N) is 3. The number of carbonyl (C=O) groups excluding carboxylic acids is 1. The van der Waals surface area contributed by atoms with Gasteiger partial charge >= 0.3 is 0 Å². The first kappa shape index (κ1) is 14.2. The lowest BCUT2D eigenvalue weighted by Crippen LogP contribution is -2.11. The maximum Gasteiger partial charge on any atom is 0.220 e. The molecule has 0 aliphatic heterocycles. The molecule has 2 aromatic carbocycles. The van der Waals surface area contributed by atoms with Gasteiger partial charge in [0.05, 0.1) is 6.07 Å². The summed E-state index contributed by atoms with van der Waals surface area (Å²) in [6.45, 7) is 0. The van der Waals surface area contributed by atoms with Gasteiger partial charge in [-0.15, -0.1) is 0 Å². The highest BCUT2D eigenvalue weighted by molar-refractivity contribution is 6.11. The van der Waals surface area contributed by atoms with Crippen LogP contribution in [0.3, 0.4) is 0 Å². The molecule has 0 amide bonds. The van der Waals surface area contributed by atoms with Crippen molar-refractivity contribution in [3.63, 3.8) is 0 Å². The Balaban J connectivity index is 1.82. The maximum absolute atomic E-state index is 12.9. The highest BCUT2D eigenvalue weighted by Gasteiger charge is 2.29. The van der Waals surface area contributed by atoms with Gasteiger partial charge in [0.25, 0.3) is 0 Å². The molecule has 2 aromatic heterocycles. The number of rotatable bonds is 3. The Kier molecular flexibility index (Phi) is 3.17. The van der Waals surface area contributed by atoms with E-state index in [0.717, 1.165) is 10.9 Å². The summed E-state index contributed by atoms with van der Waals surface area (Å²) in [6, 6.07) is 16.9. The van der Waals surface area contributed by atoms with Gasteiger partial charge in [0.1, 0.15) is 5.52 Å². The lowest BCUT2D eigenvalue weighted by Gasteiger charge is -2.03. The zero-order chi connectivity index (χ0) is 16.7. The zero-order valence-electron chi connectivity index (χ0n) is 12.9. The molecule has 4 rings (SSSR count). The molecule has 24 heavy (non-hydrogen) atoms. The maximum atomic E-state index is 12.9. The van der Waals surface area contributed by atoms with Crippen molar-refractivity contribution in [2.24, 2.45) is 7.05 Å². The van der Waals surface area contributed by atoms with Crippen LogP contribution < -0.4 is 0 Å². The van der Waals surface area contributed by atoms with Crippen molar-refractivity contribution < 1.29 is 9.21 Å². The summed E-state index contributed by atoms with van der Waals surface area (Å²) in [5.41, 5.74) is 2.65. The number of ketones is 1. The number of aryl methyl sites for hydroxylation is 1. The van der Waals surface area contributed by atoms with E-state index < -0.39 is 5.92 Å². The molecule has 4 aromatic rings. The van der Waals surface area contributed by atoms with Gasteiger partial charge < -0.3 is 8.98 Å². The van der Waals surface area contributed by atoms with Gasteiger partial charge in [0.2, 0.25) is 5.89 Å². The van der Waals surface area contributed by atoms with Crippen molar-refractivity contribution in [1.82, 2.24) is 9.55 Å². The lowest BCUT2D eigenvalue weighted by atomic mass is 9.98. The molecule has 1 atom stereocenters. The average molecular weight is 315 g/mol. The van der Waals surface area contributed by atoms with E-state index >= 15 is 0 Å². The molecule has 0 saturated heterocycles. The largest absolute Gasteiger partial charge is 0.439 e. The first-order valence-corrected chi connectivity index (χ1v) is 7.52. The average Bonchev–Trinajstić information content (AvgIpc) is 3.17. The van der Waals surface area contributed by atoms with Crippen LogP contribution in [0.2, 0.25) is 0 Å². The smallest absolute Gasteiger partial charge is 0.220 e. The number of carbonyl (C=O) groups is 1.